The van der Waals surface area contributed by atoms with E-state index >= 15 is 0 Å². The average Bonchev–Trinajstić information content (AvgIpc) is 2.15. The Bertz CT molecular complexity index is 165. The Balaban J connectivity index is 2.30. The Morgan fingerprint density at radius 2 is 2.00 bits per heavy atom. The van der Waals surface area contributed by atoms with E-state index in [9.17, 15) is 0 Å². The van der Waals surface area contributed by atoms with Crippen molar-refractivity contribution in [3.05, 3.63) is 0 Å². The highest BCUT2D eigenvalue weighted by Crippen LogP contribution is 2.28. The van der Waals surface area contributed by atoms with Gasteiger partial charge in [0.2, 0.25) is 0 Å². The number of oxime groups is 1. The van der Waals surface area contributed by atoms with Crippen LogP contribution in [0.25, 0.3) is 0 Å². The molecule has 1 saturated carbocycles. The molecule has 76 valence electrons. The van der Waals surface area contributed by atoms with Crippen molar-refractivity contribution in [2.45, 2.75) is 46.5 Å². The fourth-order valence-corrected chi connectivity index (χ4v) is 1.89. The summed E-state index contributed by atoms with van der Waals surface area (Å²) in [5.41, 5.74) is 1.26. The second-order valence-electron chi connectivity index (χ2n) is 4.16. The van der Waals surface area contributed by atoms with Crippen LogP contribution >= 0.6 is 0 Å². The number of hydrogen-bond acceptors (Lipinski definition) is 2. The minimum absolute atomic E-state index is 0.692. The molecule has 0 saturated heterocycles. The van der Waals surface area contributed by atoms with Crippen LogP contribution in [0.4, 0.5) is 0 Å². The summed E-state index contributed by atoms with van der Waals surface area (Å²) >= 11 is 0. The Labute approximate surface area is 81.3 Å². The summed E-state index contributed by atoms with van der Waals surface area (Å²) in [4.78, 5) is 5.06. The van der Waals surface area contributed by atoms with Crippen LogP contribution in [0.3, 0.4) is 0 Å². The Kier molecular flexibility index (Phi) is 4.26. The average molecular weight is 183 g/mol. The fraction of sp³-hybridized carbons (Fsp3) is 0.909. The zero-order valence-corrected chi connectivity index (χ0v) is 9.05. The summed E-state index contributed by atoms with van der Waals surface area (Å²) in [5, 5.41) is 4.11. The maximum atomic E-state index is 5.06. The predicted octanol–water partition coefficient (Wildman–Crippen LogP) is 3.23. The Morgan fingerprint density at radius 1 is 1.38 bits per heavy atom. The van der Waals surface area contributed by atoms with E-state index in [1.165, 1.54) is 18.6 Å². The van der Waals surface area contributed by atoms with E-state index in [-0.39, 0.29) is 0 Å². The summed E-state index contributed by atoms with van der Waals surface area (Å²) in [5.74, 6) is 1.73. The van der Waals surface area contributed by atoms with Gasteiger partial charge in [0.05, 0.1) is 5.71 Å². The van der Waals surface area contributed by atoms with Crippen molar-refractivity contribution >= 4 is 5.71 Å². The van der Waals surface area contributed by atoms with Crippen molar-refractivity contribution in [1.29, 1.82) is 0 Å². The van der Waals surface area contributed by atoms with Crippen LogP contribution in [0, 0.1) is 11.8 Å². The van der Waals surface area contributed by atoms with Crippen LogP contribution in [0.15, 0.2) is 5.16 Å². The lowest BCUT2D eigenvalue weighted by Crippen LogP contribution is -2.18. The zero-order valence-electron chi connectivity index (χ0n) is 9.05. The highest BCUT2D eigenvalue weighted by Gasteiger charge is 2.20. The minimum Gasteiger partial charge on any atom is -0.396 e. The van der Waals surface area contributed by atoms with Gasteiger partial charge in [-0.1, -0.05) is 19.0 Å². The van der Waals surface area contributed by atoms with Crippen LogP contribution in [-0.4, -0.2) is 12.3 Å². The molecule has 0 aliphatic heterocycles. The quantitative estimate of drug-likeness (QED) is 0.616. The molecule has 2 nitrogen and oxygen atoms in total. The van der Waals surface area contributed by atoms with Crippen LogP contribution in [0.1, 0.15) is 46.5 Å². The van der Waals surface area contributed by atoms with Gasteiger partial charge in [0, 0.05) is 0 Å². The molecule has 0 atom stereocenters. The van der Waals surface area contributed by atoms with Gasteiger partial charge in [-0.2, -0.15) is 0 Å². The van der Waals surface area contributed by atoms with Gasteiger partial charge in [-0.25, -0.2) is 0 Å². The van der Waals surface area contributed by atoms with Crippen molar-refractivity contribution in [2.24, 2.45) is 17.0 Å². The third-order valence-corrected chi connectivity index (χ3v) is 2.87. The molecule has 0 N–H and O–H groups in total. The molecule has 1 rings (SSSR count). The van der Waals surface area contributed by atoms with Gasteiger partial charge in [0.25, 0.3) is 0 Å². The third kappa shape index (κ3) is 3.37. The molecule has 1 fully saturated rings. The molecule has 0 heterocycles. The maximum absolute atomic E-state index is 5.06. The first-order valence-corrected chi connectivity index (χ1v) is 5.41. The molecule has 1 aliphatic rings. The van der Waals surface area contributed by atoms with Crippen LogP contribution in [0.2, 0.25) is 0 Å². The van der Waals surface area contributed by atoms with Crippen molar-refractivity contribution in [1.82, 2.24) is 0 Å². The molecular formula is C11H21NO. The fourth-order valence-electron chi connectivity index (χ4n) is 1.89. The zero-order chi connectivity index (χ0) is 9.68. The Morgan fingerprint density at radius 3 is 2.46 bits per heavy atom. The van der Waals surface area contributed by atoms with Crippen LogP contribution in [-0.2, 0) is 4.84 Å². The molecule has 0 radical (unpaired) electrons. The van der Waals surface area contributed by atoms with Crippen molar-refractivity contribution in [3.63, 3.8) is 0 Å². The van der Waals surface area contributed by atoms with Crippen molar-refractivity contribution < 1.29 is 4.84 Å². The van der Waals surface area contributed by atoms with E-state index in [0.717, 1.165) is 24.7 Å². The van der Waals surface area contributed by atoms with E-state index < -0.39 is 0 Å². The third-order valence-electron chi connectivity index (χ3n) is 2.87. The topological polar surface area (TPSA) is 21.6 Å². The minimum atomic E-state index is 0.692. The van der Waals surface area contributed by atoms with Gasteiger partial charge in [-0.3, -0.25) is 0 Å². The SMILES string of the molecule is CCON=C1CCC(C(C)C)CC1. The van der Waals surface area contributed by atoms with Gasteiger partial charge in [-0.15, -0.1) is 0 Å². The summed E-state index contributed by atoms with van der Waals surface area (Å²) in [6, 6.07) is 0. The lowest BCUT2D eigenvalue weighted by Gasteiger charge is -2.25. The maximum Gasteiger partial charge on any atom is 0.114 e. The molecule has 0 spiro atoms. The first-order valence-electron chi connectivity index (χ1n) is 5.41. The number of nitrogens with zero attached hydrogens (tertiary/aromatic N) is 1. The molecule has 13 heavy (non-hydrogen) atoms. The Hall–Kier alpha value is -0.530. The summed E-state index contributed by atoms with van der Waals surface area (Å²) in [6.07, 6.45) is 4.87. The monoisotopic (exact) mass is 183 g/mol. The molecule has 0 unspecified atom stereocenters. The van der Waals surface area contributed by atoms with Gasteiger partial charge >= 0.3 is 0 Å². The van der Waals surface area contributed by atoms with Gasteiger partial charge < -0.3 is 4.84 Å². The second-order valence-corrected chi connectivity index (χ2v) is 4.16. The molecule has 0 aromatic rings. The first kappa shape index (κ1) is 10.6. The normalized spacial score (nSPS) is 23.4. The molecular weight excluding hydrogens is 162 g/mol. The van der Waals surface area contributed by atoms with E-state index in [1.807, 2.05) is 6.92 Å². The van der Waals surface area contributed by atoms with E-state index in [1.54, 1.807) is 0 Å². The van der Waals surface area contributed by atoms with E-state index in [0.29, 0.717) is 6.61 Å². The highest BCUT2D eigenvalue weighted by molar-refractivity contribution is 5.84. The van der Waals surface area contributed by atoms with Crippen LogP contribution < -0.4 is 0 Å². The second kappa shape index (κ2) is 5.25. The summed E-state index contributed by atoms with van der Waals surface area (Å²) in [7, 11) is 0. The molecule has 0 amide bonds. The molecule has 1 aliphatic carbocycles. The molecule has 0 aromatic heterocycles. The largest absolute Gasteiger partial charge is 0.396 e. The van der Waals surface area contributed by atoms with Gasteiger partial charge in [0.15, 0.2) is 0 Å². The van der Waals surface area contributed by atoms with Crippen molar-refractivity contribution in [3.8, 4) is 0 Å². The van der Waals surface area contributed by atoms with E-state index in [4.69, 9.17) is 4.84 Å². The van der Waals surface area contributed by atoms with Crippen molar-refractivity contribution in [2.75, 3.05) is 6.61 Å². The smallest absolute Gasteiger partial charge is 0.114 e. The first-order chi connectivity index (χ1) is 6.24. The van der Waals surface area contributed by atoms with Crippen LogP contribution in [0.5, 0.6) is 0 Å². The number of hydrogen-bond donors (Lipinski definition) is 0. The molecule has 0 bridgehead atoms. The highest BCUT2D eigenvalue weighted by atomic mass is 16.6. The van der Waals surface area contributed by atoms with Gasteiger partial charge in [-0.05, 0) is 44.4 Å². The predicted molar refractivity (Wildman–Crippen MR) is 55.9 cm³/mol. The van der Waals surface area contributed by atoms with E-state index in [2.05, 4.69) is 19.0 Å². The molecule has 0 aromatic carbocycles. The molecule has 2 heteroatoms. The van der Waals surface area contributed by atoms with Gasteiger partial charge in [0.1, 0.15) is 6.61 Å². The number of rotatable bonds is 3. The lowest BCUT2D eigenvalue weighted by molar-refractivity contribution is 0.155. The summed E-state index contributed by atoms with van der Waals surface area (Å²) in [6.45, 7) is 7.30. The summed E-state index contributed by atoms with van der Waals surface area (Å²) < 4.78 is 0. The lowest BCUT2D eigenvalue weighted by atomic mass is 9.81. The standard InChI is InChI=1S/C11H21NO/c1-4-13-12-11-7-5-10(6-8-11)9(2)3/h9-10H,4-8H2,1-3H3.